The van der Waals surface area contributed by atoms with Crippen LogP contribution in [0.5, 0.6) is 0 Å². The molecule has 1 amide bonds. The molecule has 23 heavy (non-hydrogen) atoms. The molecule has 1 aliphatic rings. The van der Waals surface area contributed by atoms with Gasteiger partial charge in [-0.25, -0.2) is 0 Å². The first-order valence-corrected chi connectivity index (χ1v) is 7.69. The van der Waals surface area contributed by atoms with E-state index < -0.39 is 17.6 Å². The molecule has 0 spiro atoms. The van der Waals surface area contributed by atoms with E-state index in [9.17, 15) is 18.0 Å². The Kier molecular flexibility index (Phi) is 4.31. The van der Waals surface area contributed by atoms with E-state index in [0.29, 0.717) is 16.7 Å². The highest BCUT2D eigenvalue weighted by Gasteiger charge is 2.30. The topological polar surface area (TPSA) is 64.1 Å². The minimum Gasteiger partial charge on any atom is -0.371 e. The van der Waals surface area contributed by atoms with Crippen LogP contribution in [0.1, 0.15) is 39.9 Å². The summed E-state index contributed by atoms with van der Waals surface area (Å²) in [5, 5.41) is 11.3. The fraction of sp³-hybridized carbons (Fsp3) is 0.357. The predicted octanol–water partition coefficient (Wildman–Crippen LogP) is 3.66. The van der Waals surface area contributed by atoms with Crippen molar-refractivity contribution in [1.82, 2.24) is 10.2 Å². The van der Waals surface area contributed by atoms with E-state index in [1.54, 1.807) is 0 Å². The molecule has 1 N–H and O–H groups in total. The van der Waals surface area contributed by atoms with Crippen LogP contribution in [0.25, 0.3) is 0 Å². The first-order valence-electron chi connectivity index (χ1n) is 6.87. The maximum absolute atomic E-state index is 12.5. The molecule has 1 fully saturated rings. The first kappa shape index (κ1) is 15.9. The van der Waals surface area contributed by atoms with E-state index in [1.807, 2.05) is 0 Å². The summed E-state index contributed by atoms with van der Waals surface area (Å²) in [5.74, 6) is -0.534. The standard InChI is InChI=1S/C14H12F3N3O2S/c15-14(16,17)9-5-3-8(4-6-9)11(21)18-13-20-19-12(23-13)10-2-1-7-22-10/h3-6,10H,1-2,7H2,(H,18,20,21). The second-order valence-corrected chi connectivity index (χ2v) is 5.99. The lowest BCUT2D eigenvalue weighted by atomic mass is 10.1. The SMILES string of the molecule is O=C(Nc1nnc(C2CCCO2)s1)c1ccc(C(F)(F)F)cc1. The van der Waals surface area contributed by atoms with Gasteiger partial charge in [-0.3, -0.25) is 10.1 Å². The fourth-order valence-electron chi connectivity index (χ4n) is 2.17. The maximum atomic E-state index is 12.5. The van der Waals surface area contributed by atoms with Gasteiger partial charge in [0.1, 0.15) is 11.1 Å². The number of halogens is 3. The summed E-state index contributed by atoms with van der Waals surface area (Å²) in [6.45, 7) is 0.678. The van der Waals surface area contributed by atoms with E-state index in [4.69, 9.17) is 4.74 Å². The molecular formula is C14H12F3N3O2S. The zero-order valence-electron chi connectivity index (χ0n) is 11.8. The molecule has 1 unspecified atom stereocenters. The number of anilines is 1. The van der Waals surface area contributed by atoms with Gasteiger partial charge in [-0.2, -0.15) is 13.2 Å². The number of alkyl halides is 3. The number of nitrogens with zero attached hydrogens (tertiary/aromatic N) is 2. The van der Waals surface area contributed by atoms with Crippen molar-refractivity contribution in [2.75, 3.05) is 11.9 Å². The molecule has 1 aromatic heterocycles. The van der Waals surface area contributed by atoms with Gasteiger partial charge in [-0.1, -0.05) is 11.3 Å². The molecule has 0 saturated carbocycles. The summed E-state index contributed by atoms with van der Waals surface area (Å²) < 4.78 is 42.9. The van der Waals surface area contributed by atoms with Crippen molar-refractivity contribution in [2.45, 2.75) is 25.1 Å². The third-order valence-corrected chi connectivity index (χ3v) is 4.27. The van der Waals surface area contributed by atoms with E-state index >= 15 is 0 Å². The third kappa shape index (κ3) is 3.67. The van der Waals surface area contributed by atoms with Gasteiger partial charge in [0.2, 0.25) is 5.13 Å². The molecule has 0 bridgehead atoms. The Morgan fingerprint density at radius 2 is 2.00 bits per heavy atom. The first-order chi connectivity index (χ1) is 10.9. The Morgan fingerprint density at radius 3 is 2.61 bits per heavy atom. The number of rotatable bonds is 3. The largest absolute Gasteiger partial charge is 0.416 e. The molecule has 122 valence electrons. The smallest absolute Gasteiger partial charge is 0.371 e. The number of ether oxygens (including phenoxy) is 1. The van der Waals surface area contributed by atoms with Crippen LogP contribution in [0.4, 0.5) is 18.3 Å². The van der Waals surface area contributed by atoms with Crippen LogP contribution in [0.3, 0.4) is 0 Å². The van der Waals surface area contributed by atoms with Gasteiger partial charge in [-0.15, -0.1) is 10.2 Å². The van der Waals surface area contributed by atoms with Gasteiger partial charge in [0.25, 0.3) is 5.91 Å². The lowest BCUT2D eigenvalue weighted by Crippen LogP contribution is -2.12. The van der Waals surface area contributed by atoms with E-state index in [1.165, 1.54) is 11.3 Å². The Hall–Kier alpha value is -2.00. The predicted molar refractivity (Wildman–Crippen MR) is 77.2 cm³/mol. The van der Waals surface area contributed by atoms with Crippen molar-refractivity contribution in [2.24, 2.45) is 0 Å². The van der Waals surface area contributed by atoms with Gasteiger partial charge in [0.15, 0.2) is 0 Å². The van der Waals surface area contributed by atoms with Crippen molar-refractivity contribution in [3.63, 3.8) is 0 Å². The number of aromatic nitrogens is 2. The highest BCUT2D eigenvalue weighted by molar-refractivity contribution is 7.15. The van der Waals surface area contributed by atoms with Crippen molar-refractivity contribution in [3.8, 4) is 0 Å². The zero-order chi connectivity index (χ0) is 16.4. The van der Waals surface area contributed by atoms with Crippen LogP contribution in [0.2, 0.25) is 0 Å². The average Bonchev–Trinajstić information content (AvgIpc) is 3.17. The summed E-state index contributed by atoms with van der Waals surface area (Å²) in [6, 6.07) is 3.99. The molecular weight excluding hydrogens is 331 g/mol. The Bertz CT molecular complexity index is 694. The van der Waals surface area contributed by atoms with Crippen LogP contribution in [0.15, 0.2) is 24.3 Å². The second kappa shape index (κ2) is 6.25. The van der Waals surface area contributed by atoms with Gasteiger partial charge in [0, 0.05) is 12.2 Å². The highest BCUT2D eigenvalue weighted by atomic mass is 32.1. The van der Waals surface area contributed by atoms with E-state index in [-0.39, 0.29) is 11.7 Å². The summed E-state index contributed by atoms with van der Waals surface area (Å²) in [4.78, 5) is 12.0. The lowest BCUT2D eigenvalue weighted by Gasteiger charge is -2.07. The summed E-state index contributed by atoms with van der Waals surface area (Å²) in [6.07, 6.45) is -2.70. The number of nitrogens with one attached hydrogen (secondary N) is 1. The maximum Gasteiger partial charge on any atom is 0.416 e. The highest BCUT2D eigenvalue weighted by Crippen LogP contribution is 2.32. The van der Waals surface area contributed by atoms with Crippen LogP contribution >= 0.6 is 11.3 Å². The van der Waals surface area contributed by atoms with Crippen LogP contribution in [-0.4, -0.2) is 22.7 Å². The number of hydrogen-bond acceptors (Lipinski definition) is 5. The monoisotopic (exact) mass is 343 g/mol. The van der Waals surface area contributed by atoms with Gasteiger partial charge < -0.3 is 4.74 Å². The van der Waals surface area contributed by atoms with Crippen molar-refractivity contribution >= 4 is 22.4 Å². The minimum atomic E-state index is -4.43. The van der Waals surface area contributed by atoms with Gasteiger partial charge in [0.05, 0.1) is 5.56 Å². The Balaban J connectivity index is 1.67. The quantitative estimate of drug-likeness (QED) is 0.924. The molecule has 0 aliphatic carbocycles. The van der Waals surface area contributed by atoms with Gasteiger partial charge >= 0.3 is 6.18 Å². The molecule has 2 heterocycles. The van der Waals surface area contributed by atoms with Crippen molar-refractivity contribution in [3.05, 3.63) is 40.4 Å². The molecule has 1 atom stereocenters. The molecule has 0 radical (unpaired) electrons. The Labute approximate surface area is 133 Å². The van der Waals surface area contributed by atoms with Crippen molar-refractivity contribution < 1.29 is 22.7 Å². The van der Waals surface area contributed by atoms with Gasteiger partial charge in [-0.05, 0) is 37.1 Å². The van der Waals surface area contributed by atoms with Crippen LogP contribution < -0.4 is 5.32 Å². The summed E-state index contributed by atoms with van der Waals surface area (Å²) in [5.41, 5.74) is -0.683. The average molecular weight is 343 g/mol. The molecule has 2 aromatic rings. The third-order valence-electron chi connectivity index (χ3n) is 3.34. The lowest BCUT2D eigenvalue weighted by molar-refractivity contribution is -0.137. The van der Waals surface area contributed by atoms with Crippen LogP contribution in [0, 0.1) is 0 Å². The van der Waals surface area contributed by atoms with E-state index in [0.717, 1.165) is 37.1 Å². The van der Waals surface area contributed by atoms with Crippen LogP contribution in [-0.2, 0) is 10.9 Å². The molecule has 1 aromatic carbocycles. The minimum absolute atomic E-state index is 0.0933. The Morgan fingerprint density at radius 1 is 1.26 bits per heavy atom. The molecule has 9 heteroatoms. The summed E-state index contributed by atoms with van der Waals surface area (Å²) in [7, 11) is 0. The zero-order valence-corrected chi connectivity index (χ0v) is 12.6. The number of carbonyl (C=O) groups excluding carboxylic acids is 1. The molecule has 1 aliphatic heterocycles. The number of carbonyl (C=O) groups is 1. The number of benzene rings is 1. The number of amides is 1. The number of hydrogen-bond donors (Lipinski definition) is 1. The molecule has 1 saturated heterocycles. The van der Waals surface area contributed by atoms with E-state index in [2.05, 4.69) is 15.5 Å². The van der Waals surface area contributed by atoms with Crippen molar-refractivity contribution in [1.29, 1.82) is 0 Å². The normalized spacial score (nSPS) is 18.1. The fourth-order valence-corrected chi connectivity index (χ4v) is 2.99. The second-order valence-electron chi connectivity index (χ2n) is 4.98. The molecule has 5 nitrogen and oxygen atoms in total. The summed E-state index contributed by atoms with van der Waals surface area (Å²) >= 11 is 1.20. The molecule has 3 rings (SSSR count).